The molecule has 2 rings (SSSR count). The fourth-order valence-corrected chi connectivity index (χ4v) is 2.37. The van der Waals surface area contributed by atoms with Crippen LogP contribution in [0.25, 0.3) is 0 Å². The molecule has 2 N–H and O–H groups in total. The fourth-order valence-electron chi connectivity index (χ4n) is 2.37. The van der Waals surface area contributed by atoms with E-state index in [0.717, 1.165) is 12.8 Å². The number of nitrogens with one attached hydrogen (secondary N) is 2. The van der Waals surface area contributed by atoms with Crippen LogP contribution in [0.15, 0.2) is 48.5 Å². The lowest BCUT2D eigenvalue weighted by Crippen LogP contribution is -2.23. The van der Waals surface area contributed by atoms with E-state index in [2.05, 4.69) is 10.6 Å². The molecule has 0 aliphatic heterocycles. The van der Waals surface area contributed by atoms with Crippen molar-refractivity contribution in [2.24, 2.45) is 0 Å². The van der Waals surface area contributed by atoms with Crippen molar-refractivity contribution in [1.82, 2.24) is 0 Å². The molecule has 0 saturated carbocycles. The maximum atomic E-state index is 12.2. The topological polar surface area (TPSA) is 93.7 Å². The molecule has 0 aliphatic carbocycles. The van der Waals surface area contributed by atoms with Crippen LogP contribution in [-0.2, 0) is 14.3 Å². The van der Waals surface area contributed by atoms with Gasteiger partial charge in [-0.1, -0.05) is 25.5 Å². The van der Waals surface area contributed by atoms with Crippen molar-refractivity contribution in [3.05, 3.63) is 59.7 Å². The van der Waals surface area contributed by atoms with Crippen LogP contribution in [0.3, 0.4) is 0 Å². The molecule has 0 aliphatic rings. The average molecular weight is 384 g/mol. The van der Waals surface area contributed by atoms with Crippen LogP contribution < -0.4 is 10.6 Å². The molecule has 2 aromatic carbocycles. The maximum absolute atomic E-state index is 12.2. The van der Waals surface area contributed by atoms with Crippen molar-refractivity contribution in [3.63, 3.8) is 0 Å². The summed E-state index contributed by atoms with van der Waals surface area (Å²) in [6.45, 7) is 2.43. The minimum absolute atomic E-state index is 0.00417. The number of anilines is 2. The molecular formula is C21H24N2O5. The molecule has 1 amide bonds. The summed E-state index contributed by atoms with van der Waals surface area (Å²) in [7, 11) is 1.28. The van der Waals surface area contributed by atoms with Gasteiger partial charge in [-0.25, -0.2) is 9.59 Å². The van der Waals surface area contributed by atoms with Crippen LogP contribution in [0.1, 0.15) is 40.5 Å². The molecule has 0 spiro atoms. The van der Waals surface area contributed by atoms with Crippen molar-refractivity contribution in [1.29, 1.82) is 0 Å². The summed E-state index contributed by atoms with van der Waals surface area (Å²) in [4.78, 5) is 35.8. The maximum Gasteiger partial charge on any atom is 0.339 e. The third kappa shape index (κ3) is 6.12. The lowest BCUT2D eigenvalue weighted by atomic mass is 10.2. The Bertz CT molecular complexity index is 818. The SMILES string of the molecule is CCCCOC(=O)c1ccc(NCC(=O)Nc2ccccc2C(=O)OC)cc1. The fraction of sp³-hybridized carbons (Fsp3) is 0.286. The van der Waals surface area contributed by atoms with Gasteiger partial charge in [0.2, 0.25) is 5.91 Å². The molecule has 0 aromatic heterocycles. The second kappa shape index (κ2) is 10.7. The second-order valence-electron chi connectivity index (χ2n) is 6.01. The van der Waals surface area contributed by atoms with Gasteiger partial charge < -0.3 is 20.1 Å². The number of hydrogen-bond donors (Lipinski definition) is 2. The first-order valence-electron chi connectivity index (χ1n) is 9.03. The third-order valence-corrected chi connectivity index (χ3v) is 3.91. The van der Waals surface area contributed by atoms with Gasteiger partial charge in [-0.2, -0.15) is 0 Å². The minimum Gasteiger partial charge on any atom is -0.465 e. The summed E-state index contributed by atoms with van der Waals surface area (Å²) >= 11 is 0. The van der Waals surface area contributed by atoms with Crippen molar-refractivity contribution >= 4 is 29.2 Å². The number of ether oxygens (including phenoxy) is 2. The molecule has 7 heteroatoms. The molecule has 7 nitrogen and oxygen atoms in total. The van der Waals surface area contributed by atoms with Crippen LogP contribution in [0.5, 0.6) is 0 Å². The zero-order valence-electron chi connectivity index (χ0n) is 16.0. The van der Waals surface area contributed by atoms with Crippen LogP contribution in [0.4, 0.5) is 11.4 Å². The number of amides is 1. The molecule has 148 valence electrons. The van der Waals surface area contributed by atoms with Gasteiger partial charge >= 0.3 is 11.9 Å². The Kier molecular flexibility index (Phi) is 8.02. The smallest absolute Gasteiger partial charge is 0.339 e. The number of hydrogen-bond acceptors (Lipinski definition) is 6. The molecule has 28 heavy (non-hydrogen) atoms. The molecule has 0 fully saturated rings. The monoisotopic (exact) mass is 384 g/mol. The van der Waals surface area contributed by atoms with Gasteiger partial charge in [-0.3, -0.25) is 4.79 Å². The van der Waals surface area contributed by atoms with E-state index < -0.39 is 5.97 Å². The number of esters is 2. The summed E-state index contributed by atoms with van der Waals surface area (Å²) in [5.41, 5.74) is 1.80. The highest BCUT2D eigenvalue weighted by molar-refractivity contribution is 6.02. The molecule has 0 saturated heterocycles. The summed E-state index contributed by atoms with van der Waals surface area (Å²) in [5.74, 6) is -1.21. The highest BCUT2D eigenvalue weighted by Gasteiger charge is 2.13. The van der Waals surface area contributed by atoms with Crippen LogP contribution in [0, 0.1) is 0 Å². The Labute approximate surface area is 164 Å². The van der Waals surface area contributed by atoms with E-state index in [4.69, 9.17) is 9.47 Å². The summed E-state index contributed by atoms with van der Waals surface area (Å²) in [5, 5.41) is 5.64. The van der Waals surface area contributed by atoms with Crippen molar-refractivity contribution in [3.8, 4) is 0 Å². The molecule has 0 radical (unpaired) electrons. The molecule has 0 heterocycles. The molecule has 0 atom stereocenters. The summed E-state index contributed by atoms with van der Waals surface area (Å²) in [6.07, 6.45) is 1.79. The average Bonchev–Trinajstić information content (AvgIpc) is 2.72. The number of methoxy groups -OCH3 is 1. The highest BCUT2D eigenvalue weighted by atomic mass is 16.5. The number of rotatable bonds is 9. The van der Waals surface area contributed by atoms with Crippen molar-refractivity contribution in [2.45, 2.75) is 19.8 Å². The molecule has 0 unspecified atom stereocenters. The van der Waals surface area contributed by atoms with Gasteiger partial charge in [0, 0.05) is 5.69 Å². The van der Waals surface area contributed by atoms with E-state index in [0.29, 0.717) is 23.5 Å². The van der Waals surface area contributed by atoms with Crippen LogP contribution in [-0.4, -0.2) is 38.1 Å². The van der Waals surface area contributed by atoms with Gasteiger partial charge in [-0.05, 0) is 42.8 Å². The van der Waals surface area contributed by atoms with E-state index in [1.165, 1.54) is 7.11 Å². The van der Waals surface area contributed by atoms with E-state index in [1.807, 2.05) is 6.92 Å². The Morgan fingerprint density at radius 1 is 0.964 bits per heavy atom. The van der Waals surface area contributed by atoms with Gasteiger partial charge in [0.25, 0.3) is 0 Å². The second-order valence-corrected chi connectivity index (χ2v) is 6.01. The standard InChI is InChI=1S/C21H24N2O5/c1-3-4-13-28-20(25)15-9-11-16(12-10-15)22-14-19(24)23-18-8-6-5-7-17(18)21(26)27-2/h5-12,22H,3-4,13-14H2,1-2H3,(H,23,24). The van der Waals surface area contributed by atoms with Crippen molar-refractivity contribution in [2.75, 3.05) is 30.9 Å². The number of carbonyl (C=O) groups is 3. The first-order valence-corrected chi connectivity index (χ1v) is 9.03. The number of para-hydroxylation sites is 1. The lowest BCUT2D eigenvalue weighted by molar-refractivity contribution is -0.114. The Hall–Kier alpha value is -3.35. The van der Waals surface area contributed by atoms with Gasteiger partial charge in [0.1, 0.15) is 0 Å². The summed E-state index contributed by atoms with van der Waals surface area (Å²) in [6, 6.07) is 13.3. The first kappa shape index (κ1) is 21.0. The molecular weight excluding hydrogens is 360 g/mol. The number of benzene rings is 2. The predicted octanol–water partition coefficient (Wildman–Crippen LogP) is 3.48. The number of unbranched alkanes of at least 4 members (excludes halogenated alkanes) is 1. The van der Waals surface area contributed by atoms with Gasteiger partial charge in [0.15, 0.2) is 0 Å². The van der Waals surface area contributed by atoms with Crippen molar-refractivity contribution < 1.29 is 23.9 Å². The Morgan fingerprint density at radius 2 is 1.68 bits per heavy atom. The largest absolute Gasteiger partial charge is 0.465 e. The van der Waals surface area contributed by atoms with Gasteiger partial charge in [-0.15, -0.1) is 0 Å². The van der Waals surface area contributed by atoms with E-state index in [-0.39, 0.29) is 24.0 Å². The third-order valence-electron chi connectivity index (χ3n) is 3.91. The first-order chi connectivity index (χ1) is 13.5. The van der Waals surface area contributed by atoms with E-state index in [1.54, 1.807) is 48.5 Å². The van der Waals surface area contributed by atoms with Crippen LogP contribution >= 0.6 is 0 Å². The van der Waals surface area contributed by atoms with Crippen LogP contribution in [0.2, 0.25) is 0 Å². The predicted molar refractivity (Wildman–Crippen MR) is 107 cm³/mol. The van der Waals surface area contributed by atoms with E-state index >= 15 is 0 Å². The Balaban J connectivity index is 1.88. The molecule has 2 aromatic rings. The number of carbonyl (C=O) groups excluding carboxylic acids is 3. The minimum atomic E-state index is -0.523. The van der Waals surface area contributed by atoms with Gasteiger partial charge in [0.05, 0.1) is 37.1 Å². The molecule has 0 bridgehead atoms. The highest BCUT2D eigenvalue weighted by Crippen LogP contribution is 2.16. The quantitative estimate of drug-likeness (QED) is 0.508. The normalized spacial score (nSPS) is 10.1. The summed E-state index contributed by atoms with van der Waals surface area (Å²) < 4.78 is 9.86. The van der Waals surface area contributed by atoms with E-state index in [9.17, 15) is 14.4 Å². The Morgan fingerprint density at radius 3 is 2.36 bits per heavy atom. The zero-order chi connectivity index (χ0) is 20.4. The zero-order valence-corrected chi connectivity index (χ0v) is 16.0. The lowest BCUT2D eigenvalue weighted by Gasteiger charge is -2.11.